The number of hydrogen-bond acceptors (Lipinski definition) is 4. The molecule has 1 aromatic carbocycles. The SMILES string of the molecule is Cn1c(OCc2ccc[n+](C)c2)nc2c1c(=O)n(Cc1ccc(Br)cc1)c(=O)n2C. The molecule has 0 fully saturated rings. The van der Waals surface area contributed by atoms with Crippen LogP contribution < -0.4 is 20.6 Å². The smallest absolute Gasteiger partial charge is 0.332 e. The van der Waals surface area contributed by atoms with Crippen LogP contribution in [0.3, 0.4) is 0 Å². The number of aryl methyl sites for hydroxylation is 3. The van der Waals surface area contributed by atoms with Gasteiger partial charge in [0.25, 0.3) is 11.6 Å². The van der Waals surface area contributed by atoms with E-state index in [1.54, 1.807) is 18.7 Å². The maximum Gasteiger partial charge on any atom is 0.332 e. The molecule has 0 N–H and O–H groups in total. The second kappa shape index (κ2) is 7.91. The third-order valence-corrected chi connectivity index (χ3v) is 5.47. The highest BCUT2D eigenvalue weighted by Crippen LogP contribution is 2.17. The van der Waals surface area contributed by atoms with Crippen molar-refractivity contribution in [1.82, 2.24) is 18.7 Å². The summed E-state index contributed by atoms with van der Waals surface area (Å²) < 4.78 is 12.9. The number of aromatic nitrogens is 5. The number of rotatable bonds is 5. The fourth-order valence-electron chi connectivity index (χ4n) is 3.35. The minimum Gasteiger partial charge on any atom is -0.460 e. The van der Waals surface area contributed by atoms with Crippen molar-refractivity contribution in [1.29, 1.82) is 0 Å². The van der Waals surface area contributed by atoms with Gasteiger partial charge in [0.05, 0.1) is 12.1 Å². The van der Waals surface area contributed by atoms with E-state index in [0.717, 1.165) is 15.6 Å². The summed E-state index contributed by atoms with van der Waals surface area (Å²) in [4.78, 5) is 30.4. The Labute approximate surface area is 180 Å². The van der Waals surface area contributed by atoms with E-state index < -0.39 is 11.2 Å². The maximum atomic E-state index is 13.1. The number of ether oxygens (including phenoxy) is 1. The zero-order valence-electron chi connectivity index (χ0n) is 16.9. The minimum absolute atomic E-state index is 0.177. The maximum absolute atomic E-state index is 13.1. The van der Waals surface area contributed by atoms with Crippen LogP contribution in [-0.2, 0) is 34.3 Å². The first-order chi connectivity index (χ1) is 14.3. The van der Waals surface area contributed by atoms with Crippen LogP contribution in [0.25, 0.3) is 11.2 Å². The molecule has 4 aromatic rings. The molecule has 0 saturated heterocycles. The van der Waals surface area contributed by atoms with Gasteiger partial charge in [-0.05, 0) is 23.8 Å². The lowest BCUT2D eigenvalue weighted by molar-refractivity contribution is -0.672. The van der Waals surface area contributed by atoms with Crippen LogP contribution in [0.15, 0.2) is 62.9 Å². The van der Waals surface area contributed by atoms with Gasteiger partial charge in [0, 0.05) is 24.6 Å². The van der Waals surface area contributed by atoms with Gasteiger partial charge < -0.3 is 4.74 Å². The number of benzene rings is 1. The molecule has 0 aliphatic heterocycles. The molecule has 4 rings (SSSR count). The van der Waals surface area contributed by atoms with Crippen molar-refractivity contribution in [3.63, 3.8) is 0 Å². The van der Waals surface area contributed by atoms with Crippen LogP contribution >= 0.6 is 15.9 Å². The zero-order chi connectivity index (χ0) is 21.4. The summed E-state index contributed by atoms with van der Waals surface area (Å²) in [6.07, 6.45) is 3.88. The molecule has 8 nitrogen and oxygen atoms in total. The van der Waals surface area contributed by atoms with Crippen LogP contribution in [-0.4, -0.2) is 18.7 Å². The molecule has 3 heterocycles. The topological polar surface area (TPSA) is 74.9 Å². The predicted octanol–water partition coefficient (Wildman–Crippen LogP) is 1.65. The number of imidazole rings is 1. The third-order valence-electron chi connectivity index (χ3n) is 4.94. The molecule has 0 atom stereocenters. The minimum atomic E-state index is -0.421. The number of halogens is 1. The first-order valence-corrected chi connectivity index (χ1v) is 10.1. The molecule has 0 spiro atoms. The second-order valence-corrected chi connectivity index (χ2v) is 8.07. The van der Waals surface area contributed by atoms with Gasteiger partial charge in [-0.15, -0.1) is 0 Å². The number of fused-ring (bicyclic) bond motifs is 1. The zero-order valence-corrected chi connectivity index (χ0v) is 18.5. The van der Waals surface area contributed by atoms with Crippen LogP contribution in [0.1, 0.15) is 11.1 Å². The molecule has 9 heteroatoms. The van der Waals surface area contributed by atoms with Gasteiger partial charge in [-0.2, -0.15) is 4.98 Å². The molecular formula is C21H21BrN5O3+. The van der Waals surface area contributed by atoms with Gasteiger partial charge in [0.1, 0.15) is 13.7 Å². The van der Waals surface area contributed by atoms with E-state index in [0.29, 0.717) is 17.8 Å². The quantitative estimate of drug-likeness (QED) is 0.415. The average molecular weight is 471 g/mol. The van der Waals surface area contributed by atoms with E-state index >= 15 is 0 Å². The molecule has 0 unspecified atom stereocenters. The molecule has 0 radical (unpaired) electrons. The van der Waals surface area contributed by atoms with Crippen molar-refractivity contribution in [3.05, 3.63) is 85.2 Å². The highest BCUT2D eigenvalue weighted by molar-refractivity contribution is 9.10. The van der Waals surface area contributed by atoms with E-state index in [-0.39, 0.29) is 12.6 Å². The average Bonchev–Trinajstić information content (AvgIpc) is 3.06. The van der Waals surface area contributed by atoms with Crippen molar-refractivity contribution in [2.75, 3.05) is 0 Å². The lowest BCUT2D eigenvalue weighted by Crippen LogP contribution is -2.39. The molecule has 0 aliphatic carbocycles. The Morgan fingerprint density at radius 1 is 1.07 bits per heavy atom. The molecule has 0 saturated carbocycles. The van der Waals surface area contributed by atoms with Crippen molar-refractivity contribution >= 4 is 27.1 Å². The highest BCUT2D eigenvalue weighted by atomic mass is 79.9. The van der Waals surface area contributed by atoms with Crippen LogP contribution in [0.5, 0.6) is 6.01 Å². The Kier molecular flexibility index (Phi) is 5.29. The van der Waals surface area contributed by atoms with E-state index in [4.69, 9.17) is 4.74 Å². The molecule has 0 aliphatic rings. The highest BCUT2D eigenvalue weighted by Gasteiger charge is 2.19. The Morgan fingerprint density at radius 3 is 2.50 bits per heavy atom. The van der Waals surface area contributed by atoms with Crippen molar-refractivity contribution in [2.24, 2.45) is 21.1 Å². The Bertz CT molecular complexity index is 1350. The number of hydrogen-bond donors (Lipinski definition) is 0. The van der Waals surface area contributed by atoms with E-state index in [1.807, 2.05) is 60.4 Å². The lowest BCUT2D eigenvalue weighted by atomic mass is 10.2. The van der Waals surface area contributed by atoms with Gasteiger partial charge in [-0.25, -0.2) is 9.36 Å². The van der Waals surface area contributed by atoms with E-state index in [1.165, 1.54) is 9.13 Å². The van der Waals surface area contributed by atoms with E-state index in [2.05, 4.69) is 20.9 Å². The Morgan fingerprint density at radius 2 is 1.80 bits per heavy atom. The third kappa shape index (κ3) is 3.68. The summed E-state index contributed by atoms with van der Waals surface area (Å²) in [7, 11) is 5.25. The van der Waals surface area contributed by atoms with Crippen LogP contribution in [0, 0.1) is 0 Å². The molecular weight excluding hydrogens is 450 g/mol. The largest absolute Gasteiger partial charge is 0.460 e. The van der Waals surface area contributed by atoms with Gasteiger partial charge in [-0.3, -0.25) is 18.5 Å². The number of nitrogens with zero attached hydrogens (tertiary/aromatic N) is 5. The Balaban J connectivity index is 1.74. The van der Waals surface area contributed by atoms with Gasteiger partial charge >= 0.3 is 5.69 Å². The fraction of sp³-hybridized carbons (Fsp3) is 0.238. The first-order valence-electron chi connectivity index (χ1n) is 9.33. The Hall–Kier alpha value is -3.20. The van der Waals surface area contributed by atoms with Crippen molar-refractivity contribution in [2.45, 2.75) is 13.2 Å². The van der Waals surface area contributed by atoms with Gasteiger partial charge in [-0.1, -0.05) is 28.1 Å². The van der Waals surface area contributed by atoms with Crippen molar-refractivity contribution in [3.8, 4) is 6.01 Å². The normalized spacial score (nSPS) is 11.2. The summed E-state index contributed by atoms with van der Waals surface area (Å²) >= 11 is 3.39. The standard InChI is InChI=1S/C21H21BrN5O3/c1-24-10-4-5-15(11-24)13-30-20-23-18-17(25(20)2)19(28)27(21(29)26(18)3)12-14-6-8-16(22)9-7-14/h4-11H,12-13H2,1-3H3/q+1. The molecule has 154 valence electrons. The van der Waals surface area contributed by atoms with Gasteiger partial charge in [0.2, 0.25) is 0 Å². The monoisotopic (exact) mass is 470 g/mol. The predicted molar refractivity (Wildman–Crippen MR) is 115 cm³/mol. The molecule has 30 heavy (non-hydrogen) atoms. The summed E-state index contributed by atoms with van der Waals surface area (Å²) in [5.74, 6) is 0. The molecule has 0 bridgehead atoms. The van der Waals surface area contributed by atoms with E-state index in [9.17, 15) is 9.59 Å². The molecule has 0 amide bonds. The number of pyridine rings is 1. The summed E-state index contributed by atoms with van der Waals surface area (Å²) in [5, 5.41) is 0. The fourth-order valence-corrected chi connectivity index (χ4v) is 3.61. The van der Waals surface area contributed by atoms with Gasteiger partial charge in [0.15, 0.2) is 23.6 Å². The van der Waals surface area contributed by atoms with Crippen LogP contribution in [0.2, 0.25) is 0 Å². The summed E-state index contributed by atoms with van der Waals surface area (Å²) in [5.41, 5.74) is 1.62. The summed E-state index contributed by atoms with van der Waals surface area (Å²) in [6.45, 7) is 0.476. The lowest BCUT2D eigenvalue weighted by Gasteiger charge is -2.09. The van der Waals surface area contributed by atoms with Crippen molar-refractivity contribution < 1.29 is 9.30 Å². The summed E-state index contributed by atoms with van der Waals surface area (Å²) in [6, 6.07) is 11.7. The second-order valence-electron chi connectivity index (χ2n) is 7.15. The van der Waals surface area contributed by atoms with Crippen LogP contribution in [0.4, 0.5) is 0 Å². The molecule has 3 aromatic heterocycles. The first kappa shape index (κ1) is 20.1.